The van der Waals surface area contributed by atoms with Crippen molar-refractivity contribution in [2.24, 2.45) is 10.7 Å². The second-order valence-corrected chi connectivity index (χ2v) is 7.19. The van der Waals surface area contributed by atoms with Crippen molar-refractivity contribution in [3.05, 3.63) is 21.9 Å². The Morgan fingerprint density at radius 2 is 2.09 bits per heavy atom. The number of piperidine rings is 1. The number of hydrogen-bond acceptors (Lipinski definition) is 3. The van der Waals surface area contributed by atoms with Crippen molar-refractivity contribution < 1.29 is 0 Å². The minimum absolute atomic E-state index is 0. The van der Waals surface area contributed by atoms with E-state index in [-0.39, 0.29) is 24.0 Å². The van der Waals surface area contributed by atoms with Gasteiger partial charge in [-0.25, -0.2) is 0 Å². The van der Waals surface area contributed by atoms with Crippen LogP contribution in [0.25, 0.3) is 0 Å². The normalized spacial score (nSPS) is 21.1. The van der Waals surface area contributed by atoms with E-state index in [1.54, 1.807) is 4.88 Å². The van der Waals surface area contributed by atoms with E-state index >= 15 is 0 Å². The van der Waals surface area contributed by atoms with Crippen molar-refractivity contribution in [2.45, 2.75) is 45.2 Å². The van der Waals surface area contributed by atoms with Gasteiger partial charge in [0, 0.05) is 37.1 Å². The van der Waals surface area contributed by atoms with Crippen LogP contribution in [0.2, 0.25) is 0 Å². The van der Waals surface area contributed by atoms with Crippen LogP contribution >= 0.6 is 35.3 Å². The van der Waals surface area contributed by atoms with Crippen molar-refractivity contribution in [3.8, 4) is 0 Å². The first-order valence-corrected chi connectivity index (χ1v) is 8.96. The van der Waals surface area contributed by atoms with Gasteiger partial charge < -0.3 is 10.6 Å². The van der Waals surface area contributed by atoms with E-state index in [4.69, 9.17) is 5.73 Å². The van der Waals surface area contributed by atoms with Crippen molar-refractivity contribution in [3.63, 3.8) is 0 Å². The zero-order valence-electron chi connectivity index (χ0n) is 13.3. The summed E-state index contributed by atoms with van der Waals surface area (Å²) >= 11 is 1.90. The van der Waals surface area contributed by atoms with E-state index in [0.717, 1.165) is 38.7 Å². The van der Waals surface area contributed by atoms with Gasteiger partial charge in [0.2, 0.25) is 0 Å². The lowest BCUT2D eigenvalue weighted by atomic mass is 10.1. The number of likely N-dealkylation sites (tertiary alicyclic amines) is 1. The average Bonchev–Trinajstić information content (AvgIpc) is 3.00. The summed E-state index contributed by atoms with van der Waals surface area (Å²) in [7, 11) is 0. The molecule has 0 aliphatic carbocycles. The number of nitrogens with two attached hydrogens (primary N) is 1. The molecule has 1 atom stereocenters. The molecule has 0 amide bonds. The van der Waals surface area contributed by atoms with Gasteiger partial charge in [-0.3, -0.25) is 9.89 Å². The lowest BCUT2D eigenvalue weighted by molar-refractivity contribution is 0.196. The van der Waals surface area contributed by atoms with Crippen molar-refractivity contribution >= 4 is 41.3 Å². The Bertz CT molecular complexity index is 496. The summed E-state index contributed by atoms with van der Waals surface area (Å²) in [4.78, 5) is 11.0. The molecule has 1 unspecified atom stereocenters. The first kappa shape index (κ1) is 18.0. The maximum absolute atomic E-state index is 6.15. The fraction of sp³-hybridized carbons (Fsp3) is 0.688. The predicted molar refractivity (Wildman–Crippen MR) is 105 cm³/mol. The first-order chi connectivity index (χ1) is 10.2. The Balaban J connectivity index is 0.00000176. The van der Waals surface area contributed by atoms with Gasteiger partial charge in [0.05, 0.1) is 6.54 Å². The molecule has 6 heteroatoms. The van der Waals surface area contributed by atoms with Crippen molar-refractivity contribution in [2.75, 3.05) is 26.2 Å². The van der Waals surface area contributed by atoms with Gasteiger partial charge in [-0.1, -0.05) is 0 Å². The Morgan fingerprint density at radius 1 is 1.32 bits per heavy atom. The molecule has 1 aromatic rings. The van der Waals surface area contributed by atoms with E-state index in [1.165, 1.54) is 31.2 Å². The van der Waals surface area contributed by atoms with Gasteiger partial charge in [-0.05, 0) is 49.6 Å². The Morgan fingerprint density at radius 3 is 2.86 bits per heavy atom. The molecule has 0 saturated carbocycles. The highest BCUT2D eigenvalue weighted by Gasteiger charge is 2.21. The van der Waals surface area contributed by atoms with Crippen LogP contribution in [0.4, 0.5) is 0 Å². The lowest BCUT2D eigenvalue weighted by Crippen LogP contribution is -2.43. The fourth-order valence-corrected chi connectivity index (χ4v) is 4.10. The van der Waals surface area contributed by atoms with E-state index in [0.29, 0.717) is 6.04 Å². The molecule has 124 valence electrons. The summed E-state index contributed by atoms with van der Waals surface area (Å²) in [5, 5.41) is 2.21. The third kappa shape index (κ3) is 4.35. The number of hydrogen-bond donors (Lipinski definition) is 1. The van der Waals surface area contributed by atoms with Gasteiger partial charge in [-0.2, -0.15) is 0 Å². The quantitative estimate of drug-likeness (QED) is 0.452. The fourth-order valence-electron chi connectivity index (χ4n) is 3.21. The lowest BCUT2D eigenvalue weighted by Gasteiger charge is -2.32. The number of halogens is 1. The number of guanidine groups is 1. The van der Waals surface area contributed by atoms with Gasteiger partial charge in [-0.15, -0.1) is 35.3 Å². The molecular weight excluding hydrogens is 407 g/mol. The van der Waals surface area contributed by atoms with E-state index < -0.39 is 0 Å². The average molecular weight is 434 g/mol. The molecule has 22 heavy (non-hydrogen) atoms. The highest BCUT2D eigenvalue weighted by Crippen LogP contribution is 2.25. The molecular formula is C16H27IN4S. The van der Waals surface area contributed by atoms with Crippen LogP contribution in [-0.4, -0.2) is 48.0 Å². The van der Waals surface area contributed by atoms with E-state index in [1.807, 2.05) is 11.3 Å². The molecule has 0 spiro atoms. The Labute approximate surface area is 154 Å². The second kappa shape index (κ2) is 8.49. The number of nitrogens with zero attached hydrogens (tertiary/aromatic N) is 3. The summed E-state index contributed by atoms with van der Waals surface area (Å²) in [6.45, 7) is 7.44. The van der Waals surface area contributed by atoms with Crippen LogP contribution in [0.15, 0.2) is 16.4 Å². The molecule has 3 rings (SSSR count). The summed E-state index contributed by atoms with van der Waals surface area (Å²) < 4.78 is 0. The SMILES string of the molecule is CC(CN=C(N)N1CCCCC1)N1CCc2sccc2C1.I. The zero-order chi connectivity index (χ0) is 14.7. The van der Waals surface area contributed by atoms with E-state index in [9.17, 15) is 0 Å². The Kier molecular flexibility index (Phi) is 6.95. The Hall–Kier alpha value is -0.340. The highest BCUT2D eigenvalue weighted by molar-refractivity contribution is 14.0. The maximum Gasteiger partial charge on any atom is 0.191 e. The molecule has 0 bridgehead atoms. The van der Waals surface area contributed by atoms with Crippen LogP contribution < -0.4 is 5.73 Å². The number of rotatable bonds is 3. The number of aliphatic imine (C=N–C) groups is 1. The van der Waals surface area contributed by atoms with Gasteiger partial charge in [0.1, 0.15) is 0 Å². The van der Waals surface area contributed by atoms with Crippen LogP contribution in [0.5, 0.6) is 0 Å². The minimum Gasteiger partial charge on any atom is -0.370 e. The molecule has 1 saturated heterocycles. The first-order valence-electron chi connectivity index (χ1n) is 8.08. The molecule has 2 aliphatic rings. The largest absolute Gasteiger partial charge is 0.370 e. The molecule has 4 nitrogen and oxygen atoms in total. The topological polar surface area (TPSA) is 44.9 Å². The smallest absolute Gasteiger partial charge is 0.191 e. The van der Waals surface area contributed by atoms with Gasteiger partial charge in [0.15, 0.2) is 5.96 Å². The molecule has 2 aliphatic heterocycles. The molecule has 2 N–H and O–H groups in total. The minimum atomic E-state index is 0. The molecule has 1 fully saturated rings. The maximum atomic E-state index is 6.15. The van der Waals surface area contributed by atoms with Crippen LogP contribution in [0.1, 0.15) is 36.6 Å². The summed E-state index contributed by atoms with van der Waals surface area (Å²) in [5.41, 5.74) is 7.65. The second-order valence-electron chi connectivity index (χ2n) is 6.19. The third-order valence-corrected chi connectivity index (χ3v) is 5.68. The van der Waals surface area contributed by atoms with E-state index in [2.05, 4.69) is 33.2 Å². The van der Waals surface area contributed by atoms with Gasteiger partial charge in [0.25, 0.3) is 0 Å². The van der Waals surface area contributed by atoms with Crippen LogP contribution in [0.3, 0.4) is 0 Å². The zero-order valence-corrected chi connectivity index (χ0v) is 16.5. The highest BCUT2D eigenvalue weighted by atomic mass is 127. The van der Waals surface area contributed by atoms with Crippen molar-refractivity contribution in [1.82, 2.24) is 9.80 Å². The molecule has 0 radical (unpaired) electrons. The molecule has 1 aromatic heterocycles. The standard InChI is InChI=1S/C16H26N4S.HI/c1-13(11-18-16(17)19-7-3-2-4-8-19)20-9-5-15-14(12-20)6-10-21-15;/h6,10,13H,2-5,7-9,11-12H2,1H3,(H2,17,18);1H. The summed E-state index contributed by atoms with van der Waals surface area (Å²) in [6.07, 6.45) is 5.01. The number of thiophene rings is 1. The van der Waals surface area contributed by atoms with Gasteiger partial charge >= 0.3 is 0 Å². The third-order valence-electron chi connectivity index (χ3n) is 4.66. The van der Waals surface area contributed by atoms with Crippen molar-refractivity contribution in [1.29, 1.82) is 0 Å². The summed E-state index contributed by atoms with van der Waals surface area (Å²) in [6, 6.07) is 2.73. The van der Waals surface area contributed by atoms with Crippen LogP contribution in [0, 0.1) is 0 Å². The molecule has 3 heterocycles. The summed E-state index contributed by atoms with van der Waals surface area (Å²) in [5.74, 6) is 0.745. The molecule has 0 aromatic carbocycles. The predicted octanol–water partition coefficient (Wildman–Crippen LogP) is 2.91. The monoisotopic (exact) mass is 434 g/mol. The van der Waals surface area contributed by atoms with Crippen LogP contribution in [-0.2, 0) is 13.0 Å². The number of fused-ring (bicyclic) bond motifs is 1.